The summed E-state index contributed by atoms with van der Waals surface area (Å²) in [6.07, 6.45) is 0. The van der Waals surface area contributed by atoms with E-state index in [1.165, 1.54) is 15.2 Å². The fourth-order valence-corrected chi connectivity index (χ4v) is 2.53. The predicted molar refractivity (Wildman–Crippen MR) is 64.6 cm³/mol. The van der Waals surface area contributed by atoms with Crippen molar-refractivity contribution >= 4 is 42.3 Å². The fraction of sp³-hybridized carbons (Fsp3) is 0. The van der Waals surface area contributed by atoms with Crippen LogP contribution in [0.15, 0.2) is 48.5 Å². The molecule has 0 atom stereocenters. The van der Waals surface area contributed by atoms with Gasteiger partial charge >= 0.3 is 95.8 Å². The molecule has 1 radical (unpaired) electrons. The zero-order valence-corrected chi connectivity index (χ0v) is 9.69. The van der Waals surface area contributed by atoms with Crippen LogP contribution in [0.1, 0.15) is 0 Å². The molecule has 2 aromatic carbocycles. The molecule has 1 nitrogen and oxygen atoms in total. The third kappa shape index (κ3) is 1.34. The van der Waals surface area contributed by atoms with Crippen LogP contribution in [0, 0.1) is 0 Å². The maximum absolute atomic E-state index is 4.62. The van der Waals surface area contributed by atoms with Crippen LogP contribution in [-0.2, 0) is 0 Å². The van der Waals surface area contributed by atoms with Gasteiger partial charge in [-0.15, -0.1) is 0 Å². The van der Waals surface area contributed by atoms with Crippen LogP contribution in [0.25, 0.3) is 21.8 Å². The average molecular weight is 257 g/mol. The number of pyridine rings is 1. The molecule has 0 saturated heterocycles. The Morgan fingerprint density at radius 3 is 1.73 bits per heavy atom. The van der Waals surface area contributed by atoms with Crippen molar-refractivity contribution < 1.29 is 0 Å². The molecule has 0 unspecified atom stereocenters. The zero-order valence-electron chi connectivity index (χ0n) is 7.97. The summed E-state index contributed by atoms with van der Waals surface area (Å²) in [5, 5.41) is 2.38. The van der Waals surface area contributed by atoms with Crippen LogP contribution in [-0.4, -0.2) is 21.0 Å². The Morgan fingerprint density at radius 1 is 0.733 bits per heavy atom. The third-order valence-corrected chi connectivity index (χ3v) is 3.46. The summed E-state index contributed by atoms with van der Waals surface area (Å²) >= 11 is 3.15. The van der Waals surface area contributed by atoms with Gasteiger partial charge in [-0.05, 0) is 0 Å². The van der Waals surface area contributed by atoms with E-state index in [9.17, 15) is 0 Å². The molecule has 0 aliphatic rings. The first-order chi connectivity index (χ1) is 7.36. The first-order valence-corrected chi connectivity index (χ1v) is 5.66. The molecule has 0 amide bonds. The van der Waals surface area contributed by atoms with E-state index in [4.69, 9.17) is 0 Å². The van der Waals surface area contributed by atoms with Gasteiger partial charge in [0.25, 0.3) is 0 Å². The number of aromatic nitrogens is 1. The second kappa shape index (κ2) is 3.34. The van der Waals surface area contributed by atoms with Crippen molar-refractivity contribution in [3.05, 3.63) is 48.5 Å². The molecule has 0 spiro atoms. The summed E-state index contributed by atoms with van der Waals surface area (Å²) in [7, 11) is 0. The molecule has 3 rings (SSSR count). The molecule has 1 heterocycles. The molecular weight excluding hydrogens is 249 g/mol. The van der Waals surface area contributed by atoms with Crippen LogP contribution in [0.2, 0.25) is 0 Å². The maximum atomic E-state index is 4.62. The Balaban J connectivity index is 2.60. The Bertz CT molecular complexity index is 592. The number of hydrogen-bond acceptors (Lipinski definition) is 1. The molecule has 0 bridgehead atoms. The molecule has 0 saturated carbocycles. The van der Waals surface area contributed by atoms with Gasteiger partial charge in [0.1, 0.15) is 0 Å². The van der Waals surface area contributed by atoms with Gasteiger partial charge in [-0.25, -0.2) is 0 Å². The van der Waals surface area contributed by atoms with Crippen molar-refractivity contribution in [1.82, 2.24) is 4.98 Å². The topological polar surface area (TPSA) is 12.9 Å². The number of rotatable bonds is 0. The predicted octanol–water partition coefficient (Wildman–Crippen LogP) is 2.18. The molecule has 71 valence electrons. The van der Waals surface area contributed by atoms with Crippen molar-refractivity contribution in [3.8, 4) is 0 Å². The zero-order chi connectivity index (χ0) is 10.3. The summed E-state index contributed by atoms with van der Waals surface area (Å²) in [6, 6.07) is 16.4. The van der Waals surface area contributed by atoms with Gasteiger partial charge in [-0.1, -0.05) is 0 Å². The van der Waals surface area contributed by atoms with Crippen LogP contribution in [0.5, 0.6) is 0 Å². The summed E-state index contributed by atoms with van der Waals surface area (Å²) < 4.78 is 1.19. The van der Waals surface area contributed by atoms with Crippen LogP contribution < -0.4 is 4.46 Å². The number of nitrogens with zero attached hydrogens (tertiary/aromatic N) is 1. The first-order valence-electron chi connectivity index (χ1n) is 4.81. The monoisotopic (exact) mass is 258 g/mol. The number of hydrogen-bond donors (Lipinski definition) is 0. The van der Waals surface area contributed by atoms with E-state index in [-0.39, 0.29) is 0 Å². The molecule has 1 aromatic heterocycles. The van der Waals surface area contributed by atoms with Crippen molar-refractivity contribution in [2.75, 3.05) is 0 Å². The fourth-order valence-electron chi connectivity index (χ4n) is 1.80. The van der Waals surface area contributed by atoms with Gasteiger partial charge < -0.3 is 0 Å². The summed E-state index contributed by atoms with van der Waals surface area (Å²) in [6.45, 7) is 0. The molecule has 0 N–H and O–H groups in total. The molecule has 2 heteroatoms. The molecule has 15 heavy (non-hydrogen) atoms. The Hall–Kier alpha value is -1.37. The van der Waals surface area contributed by atoms with Gasteiger partial charge in [0.2, 0.25) is 0 Å². The van der Waals surface area contributed by atoms with Crippen LogP contribution in [0.3, 0.4) is 0 Å². The quantitative estimate of drug-likeness (QED) is 0.444. The Kier molecular flexibility index (Phi) is 1.98. The third-order valence-electron chi connectivity index (χ3n) is 2.54. The van der Waals surface area contributed by atoms with Crippen molar-refractivity contribution in [1.29, 1.82) is 0 Å². The summed E-state index contributed by atoms with van der Waals surface area (Å²) in [5.74, 6) is 0. The van der Waals surface area contributed by atoms with Gasteiger partial charge in [0.05, 0.1) is 0 Å². The molecule has 0 aliphatic carbocycles. The minimum atomic E-state index is 1.05. The minimum absolute atomic E-state index is 1.05. The van der Waals surface area contributed by atoms with E-state index in [1.54, 1.807) is 0 Å². The van der Waals surface area contributed by atoms with Crippen molar-refractivity contribution in [2.45, 2.75) is 0 Å². The second-order valence-corrected chi connectivity index (χ2v) is 4.33. The second-order valence-electron chi connectivity index (χ2n) is 3.48. The Morgan fingerprint density at radius 2 is 1.20 bits per heavy atom. The number of para-hydroxylation sites is 2. The van der Waals surface area contributed by atoms with E-state index in [0.29, 0.717) is 0 Å². The normalized spacial score (nSPS) is 10.9. The van der Waals surface area contributed by atoms with E-state index >= 15 is 0 Å². The van der Waals surface area contributed by atoms with Crippen molar-refractivity contribution in [2.24, 2.45) is 0 Å². The standard InChI is InChI=1S/C13H8NSe/c15-13-9-5-1-3-7-11(9)14-12-8-4-2-6-10(12)13/h1-8H. The van der Waals surface area contributed by atoms with Gasteiger partial charge in [-0.3, -0.25) is 0 Å². The van der Waals surface area contributed by atoms with Crippen molar-refractivity contribution in [3.63, 3.8) is 0 Å². The molecule has 0 aliphatic heterocycles. The molecule has 3 aromatic rings. The first kappa shape index (κ1) is 8.90. The number of fused-ring (bicyclic) bond motifs is 2. The molecular formula is C13H8NSe. The van der Waals surface area contributed by atoms with Gasteiger partial charge in [0.15, 0.2) is 0 Å². The number of benzene rings is 2. The summed E-state index contributed by atoms with van der Waals surface area (Å²) in [4.78, 5) is 4.62. The van der Waals surface area contributed by atoms with E-state index in [2.05, 4.69) is 33.1 Å². The SMILES string of the molecule is [Se]c1c2ccccc2nc2ccccc12. The molecule has 0 fully saturated rings. The van der Waals surface area contributed by atoms with Crippen LogP contribution in [0.4, 0.5) is 0 Å². The van der Waals surface area contributed by atoms with Gasteiger partial charge in [-0.2, -0.15) is 0 Å². The van der Waals surface area contributed by atoms with E-state index < -0.39 is 0 Å². The van der Waals surface area contributed by atoms with Gasteiger partial charge in [0, 0.05) is 0 Å². The van der Waals surface area contributed by atoms with E-state index in [0.717, 1.165) is 11.0 Å². The average Bonchev–Trinajstić information content (AvgIpc) is 2.30. The van der Waals surface area contributed by atoms with Crippen LogP contribution >= 0.6 is 0 Å². The summed E-state index contributed by atoms with van der Waals surface area (Å²) in [5.41, 5.74) is 2.09. The Labute approximate surface area is 95.9 Å². The van der Waals surface area contributed by atoms with E-state index in [1.807, 2.05) is 36.4 Å².